The summed E-state index contributed by atoms with van der Waals surface area (Å²) in [5, 5.41) is 4.52. The quantitative estimate of drug-likeness (QED) is 0.296. The molecule has 0 N–H and O–H groups in total. The highest BCUT2D eigenvalue weighted by atomic mass is 32.2. The van der Waals surface area contributed by atoms with E-state index in [2.05, 4.69) is 102 Å². The van der Waals surface area contributed by atoms with Crippen LogP contribution in [0.4, 0.5) is 5.69 Å². The van der Waals surface area contributed by atoms with Crippen LogP contribution in [0.25, 0.3) is 20.2 Å². The van der Waals surface area contributed by atoms with Crippen molar-refractivity contribution in [3.63, 3.8) is 0 Å². The Balaban J connectivity index is 1.17. The van der Waals surface area contributed by atoms with Crippen molar-refractivity contribution in [1.82, 2.24) is 0 Å². The molecule has 2 aliphatic heterocycles. The summed E-state index contributed by atoms with van der Waals surface area (Å²) in [7, 11) is 0. The first-order valence-corrected chi connectivity index (χ1v) is 16.2. The summed E-state index contributed by atoms with van der Waals surface area (Å²) in [6, 6.07) is 16.9. The summed E-state index contributed by atoms with van der Waals surface area (Å²) in [6.45, 7) is 0. The largest absolute Gasteiger partial charge is 0.356 e. The van der Waals surface area contributed by atoms with E-state index in [1.54, 1.807) is 5.57 Å². The molecule has 9 unspecified atom stereocenters. The minimum Gasteiger partial charge on any atom is -0.356 e. The van der Waals surface area contributed by atoms with Gasteiger partial charge in [-0.2, -0.15) is 11.8 Å². The van der Waals surface area contributed by atoms with Crippen molar-refractivity contribution in [2.24, 2.45) is 29.6 Å². The second kappa shape index (κ2) is 8.13. The van der Waals surface area contributed by atoms with Gasteiger partial charge >= 0.3 is 0 Å². The number of allylic oxidation sites excluding steroid dienone is 5. The predicted octanol–water partition coefficient (Wildman–Crippen LogP) is 8.78. The molecule has 9 rings (SSSR count). The highest BCUT2D eigenvalue weighted by molar-refractivity contribution is 8.00. The van der Waals surface area contributed by atoms with Gasteiger partial charge in [-0.05, 0) is 60.6 Å². The zero-order valence-corrected chi connectivity index (χ0v) is 22.7. The fraction of sp³-hybridized carbons (Fsp3) is 0.412. The number of hydrogen-bond acceptors (Lipinski definition) is 3. The molecule has 186 valence electrons. The van der Waals surface area contributed by atoms with Gasteiger partial charge in [-0.1, -0.05) is 85.7 Å². The first-order chi connectivity index (χ1) is 18.4. The molecule has 1 aromatic heterocycles. The van der Waals surface area contributed by atoms with Crippen LogP contribution in [-0.2, 0) is 0 Å². The predicted molar refractivity (Wildman–Crippen MR) is 161 cm³/mol. The second-order valence-corrected chi connectivity index (χ2v) is 14.6. The average molecular weight is 520 g/mol. The first kappa shape index (κ1) is 21.7. The Kier molecular flexibility index (Phi) is 4.77. The number of nitrogens with zero attached hydrogens (tertiary/aromatic N) is 1. The molecule has 9 atom stereocenters. The van der Waals surface area contributed by atoms with Gasteiger partial charge in [-0.15, -0.1) is 11.3 Å². The van der Waals surface area contributed by atoms with Gasteiger partial charge in [0.25, 0.3) is 0 Å². The van der Waals surface area contributed by atoms with Crippen LogP contribution in [0.2, 0.25) is 0 Å². The number of thiophene rings is 1. The number of benzene rings is 2. The van der Waals surface area contributed by atoms with Crippen molar-refractivity contribution in [3.8, 4) is 0 Å². The summed E-state index contributed by atoms with van der Waals surface area (Å²) in [6.07, 6.45) is 24.9. The standard InChI is InChI=1S/C34H33NS2/c1-4-12-27-26(10-1)32-22-16-17-24-21-9-3-5-14-30(21)36-33(24)25(22)18-19-28(32)35(27)29-13-7-11-23-20-8-2-6-15-31(20)37-34(23)29/h1-2,4,6-8,10-11,13,15-19,21-22,24-25,27-28,30,32-33H,3,5,9,12,14H2. The molecule has 3 heterocycles. The van der Waals surface area contributed by atoms with Gasteiger partial charge < -0.3 is 4.90 Å². The lowest BCUT2D eigenvalue weighted by molar-refractivity contribution is 0.242. The van der Waals surface area contributed by atoms with Gasteiger partial charge in [0.15, 0.2) is 0 Å². The molecule has 0 amide bonds. The maximum absolute atomic E-state index is 2.83. The normalized spacial score (nSPS) is 39.3. The Morgan fingerprint density at radius 3 is 2.68 bits per heavy atom. The summed E-state index contributed by atoms with van der Waals surface area (Å²) >= 11 is 4.36. The smallest absolute Gasteiger partial charge is 0.0589 e. The van der Waals surface area contributed by atoms with Gasteiger partial charge in [0.05, 0.1) is 22.5 Å². The van der Waals surface area contributed by atoms with Crippen molar-refractivity contribution in [3.05, 3.63) is 90.6 Å². The fourth-order valence-electron chi connectivity index (χ4n) is 9.06. The number of hydrogen-bond donors (Lipinski definition) is 0. The molecular formula is C34H33NS2. The molecule has 0 spiro atoms. The maximum Gasteiger partial charge on any atom is 0.0589 e. The van der Waals surface area contributed by atoms with Crippen LogP contribution < -0.4 is 4.90 Å². The van der Waals surface area contributed by atoms with Crippen molar-refractivity contribution in [2.75, 3.05) is 4.90 Å². The van der Waals surface area contributed by atoms with Gasteiger partial charge in [0.1, 0.15) is 0 Å². The van der Waals surface area contributed by atoms with Gasteiger partial charge in [0, 0.05) is 31.9 Å². The van der Waals surface area contributed by atoms with Gasteiger partial charge in [0.2, 0.25) is 0 Å². The second-order valence-electron chi connectivity index (χ2n) is 12.1. The monoisotopic (exact) mass is 519 g/mol. The van der Waals surface area contributed by atoms with Crippen molar-refractivity contribution in [1.29, 1.82) is 0 Å². The summed E-state index contributed by atoms with van der Waals surface area (Å²) in [4.78, 5) is 2.83. The zero-order valence-electron chi connectivity index (χ0n) is 21.1. The SMILES string of the molecule is C1=CCC2C(=C1)C1C3C=CC4C5CCCCC5SC4C3C=CC1N2c1cccc2c1sc1ccccc12. The van der Waals surface area contributed by atoms with E-state index < -0.39 is 0 Å². The Labute approximate surface area is 228 Å². The number of thioether (sulfide) groups is 1. The van der Waals surface area contributed by atoms with Crippen LogP contribution in [0.3, 0.4) is 0 Å². The Morgan fingerprint density at radius 2 is 1.68 bits per heavy atom. The summed E-state index contributed by atoms with van der Waals surface area (Å²) in [5.74, 6) is 3.66. The summed E-state index contributed by atoms with van der Waals surface area (Å²) < 4.78 is 2.86. The third-order valence-corrected chi connectivity index (χ3v) is 13.6. The van der Waals surface area contributed by atoms with Crippen LogP contribution in [-0.4, -0.2) is 22.6 Å². The molecule has 0 radical (unpaired) electrons. The molecule has 2 aromatic carbocycles. The zero-order chi connectivity index (χ0) is 24.1. The molecular weight excluding hydrogens is 487 g/mol. The maximum atomic E-state index is 2.83. The molecule has 6 aliphatic rings. The molecule has 3 aromatic rings. The minimum absolute atomic E-state index is 0.447. The van der Waals surface area contributed by atoms with E-state index in [0.29, 0.717) is 29.8 Å². The van der Waals surface area contributed by atoms with E-state index in [4.69, 9.17) is 0 Å². The van der Waals surface area contributed by atoms with E-state index in [0.717, 1.165) is 28.8 Å². The third kappa shape index (κ3) is 2.99. The fourth-order valence-corrected chi connectivity index (χ4v) is 12.4. The van der Waals surface area contributed by atoms with Crippen LogP contribution in [0.1, 0.15) is 32.1 Å². The Bertz CT molecular complexity index is 1520. The Hall–Kier alpha value is -2.23. The van der Waals surface area contributed by atoms with Crippen LogP contribution >= 0.6 is 23.1 Å². The van der Waals surface area contributed by atoms with Crippen molar-refractivity contribution < 1.29 is 0 Å². The highest BCUT2D eigenvalue weighted by Crippen LogP contribution is 2.60. The highest BCUT2D eigenvalue weighted by Gasteiger charge is 2.56. The molecule has 4 aliphatic carbocycles. The molecule has 37 heavy (non-hydrogen) atoms. The van der Waals surface area contributed by atoms with Crippen LogP contribution in [0.15, 0.2) is 90.6 Å². The Morgan fingerprint density at radius 1 is 0.811 bits per heavy atom. The minimum atomic E-state index is 0.447. The van der Waals surface area contributed by atoms with Gasteiger partial charge in [-0.25, -0.2) is 0 Å². The third-order valence-electron chi connectivity index (χ3n) is 10.5. The molecule has 3 fully saturated rings. The molecule has 0 bridgehead atoms. The molecule has 1 saturated carbocycles. The van der Waals surface area contributed by atoms with Crippen molar-refractivity contribution in [2.45, 2.75) is 54.7 Å². The number of anilines is 1. The van der Waals surface area contributed by atoms with Crippen molar-refractivity contribution >= 4 is 49.0 Å². The molecule has 1 nitrogen and oxygen atoms in total. The van der Waals surface area contributed by atoms with E-state index >= 15 is 0 Å². The lowest BCUT2D eigenvalue weighted by atomic mass is 9.63. The van der Waals surface area contributed by atoms with Gasteiger partial charge in [-0.3, -0.25) is 0 Å². The summed E-state index contributed by atoms with van der Waals surface area (Å²) in [5.41, 5.74) is 3.13. The topological polar surface area (TPSA) is 3.24 Å². The first-order valence-electron chi connectivity index (χ1n) is 14.4. The number of rotatable bonds is 1. The lowest BCUT2D eigenvalue weighted by Gasteiger charge is -2.43. The van der Waals surface area contributed by atoms with E-state index in [9.17, 15) is 0 Å². The molecule has 2 saturated heterocycles. The number of fused-ring (bicyclic) bond motifs is 12. The molecule has 3 heteroatoms. The average Bonchev–Trinajstić information content (AvgIpc) is 3.62. The lowest BCUT2D eigenvalue weighted by Crippen LogP contribution is -2.44. The van der Waals surface area contributed by atoms with E-state index in [-0.39, 0.29) is 0 Å². The van der Waals surface area contributed by atoms with E-state index in [1.165, 1.54) is 51.5 Å². The van der Waals surface area contributed by atoms with Crippen LogP contribution in [0, 0.1) is 29.6 Å². The van der Waals surface area contributed by atoms with E-state index in [1.807, 2.05) is 11.3 Å². The van der Waals surface area contributed by atoms with Crippen LogP contribution in [0.5, 0.6) is 0 Å².